The van der Waals surface area contributed by atoms with Crippen LogP contribution in [0.2, 0.25) is 0 Å². The number of nitrogens with zero attached hydrogens (tertiary/aromatic N) is 1. The summed E-state index contributed by atoms with van der Waals surface area (Å²) in [5.41, 5.74) is 1.77. The Bertz CT molecular complexity index is 909. The fourth-order valence-electron chi connectivity index (χ4n) is 3.44. The van der Waals surface area contributed by atoms with Gasteiger partial charge in [-0.2, -0.15) is 0 Å². The Balaban J connectivity index is 1.93. The number of amides is 2. The second-order valence-corrected chi connectivity index (χ2v) is 9.86. The molecule has 0 radical (unpaired) electrons. The number of ketones is 1. The smallest absolute Gasteiger partial charge is 0.408 e. The van der Waals surface area contributed by atoms with Gasteiger partial charge in [0.05, 0.1) is 17.5 Å². The second-order valence-electron chi connectivity index (χ2n) is 8.87. The molecule has 0 spiro atoms. The first kappa shape index (κ1) is 28.4. The molecule has 2 atom stereocenters. The van der Waals surface area contributed by atoms with E-state index in [2.05, 4.69) is 15.6 Å². The van der Waals surface area contributed by atoms with E-state index in [1.807, 2.05) is 69.3 Å². The van der Waals surface area contributed by atoms with Gasteiger partial charge in [0.1, 0.15) is 12.6 Å². The van der Waals surface area contributed by atoms with E-state index in [1.54, 1.807) is 6.20 Å². The van der Waals surface area contributed by atoms with E-state index in [1.165, 1.54) is 11.8 Å². The fraction of sp³-hybridized carbons (Fsp3) is 0.481. The predicted octanol–water partition coefficient (Wildman–Crippen LogP) is 4.90. The zero-order valence-electron chi connectivity index (χ0n) is 20.9. The number of rotatable bonds is 15. The second kappa shape index (κ2) is 15.9. The normalized spacial score (nSPS) is 12.6. The zero-order chi connectivity index (χ0) is 25.5. The van der Waals surface area contributed by atoms with Gasteiger partial charge >= 0.3 is 6.09 Å². The summed E-state index contributed by atoms with van der Waals surface area (Å²) in [6, 6.07) is 13.7. The Hall–Kier alpha value is -2.87. The summed E-state index contributed by atoms with van der Waals surface area (Å²) >= 11 is 1.48. The van der Waals surface area contributed by atoms with Crippen LogP contribution in [0.5, 0.6) is 0 Å². The van der Waals surface area contributed by atoms with Crippen LogP contribution in [-0.2, 0) is 26.7 Å². The highest BCUT2D eigenvalue weighted by Gasteiger charge is 2.27. The number of pyridine rings is 1. The third-order valence-electron chi connectivity index (χ3n) is 5.30. The summed E-state index contributed by atoms with van der Waals surface area (Å²) in [5.74, 6) is 0.694. The van der Waals surface area contributed by atoms with Gasteiger partial charge in [-0.15, -0.1) is 11.8 Å². The van der Waals surface area contributed by atoms with Gasteiger partial charge in [-0.3, -0.25) is 14.6 Å². The van der Waals surface area contributed by atoms with Crippen molar-refractivity contribution in [1.29, 1.82) is 0 Å². The van der Waals surface area contributed by atoms with Crippen LogP contribution in [0.25, 0.3) is 0 Å². The van der Waals surface area contributed by atoms with Gasteiger partial charge in [0.25, 0.3) is 0 Å². The average molecular weight is 500 g/mol. The molecule has 2 aromatic rings. The van der Waals surface area contributed by atoms with Crippen LogP contribution >= 0.6 is 11.8 Å². The van der Waals surface area contributed by atoms with Crippen molar-refractivity contribution in [2.75, 3.05) is 5.75 Å². The lowest BCUT2D eigenvalue weighted by molar-refractivity contribution is -0.128. The number of thioether (sulfide) groups is 1. The van der Waals surface area contributed by atoms with Crippen LogP contribution in [0.1, 0.15) is 57.7 Å². The van der Waals surface area contributed by atoms with E-state index < -0.39 is 18.2 Å². The van der Waals surface area contributed by atoms with Crippen molar-refractivity contribution in [3.63, 3.8) is 0 Å². The fourth-order valence-corrected chi connectivity index (χ4v) is 4.33. The largest absolute Gasteiger partial charge is 0.445 e. The van der Waals surface area contributed by atoms with E-state index in [0.29, 0.717) is 18.6 Å². The van der Waals surface area contributed by atoms with Crippen molar-refractivity contribution < 1.29 is 19.1 Å². The number of alkyl carbamates (subject to hydrolysis) is 1. The van der Waals surface area contributed by atoms with Crippen LogP contribution in [0, 0.1) is 5.92 Å². The highest BCUT2D eigenvalue weighted by Crippen LogP contribution is 2.13. The van der Waals surface area contributed by atoms with Crippen LogP contribution in [-0.4, -0.2) is 40.6 Å². The van der Waals surface area contributed by atoms with Gasteiger partial charge < -0.3 is 15.4 Å². The molecule has 2 rings (SSSR count). The molecule has 0 aliphatic heterocycles. The van der Waals surface area contributed by atoms with Crippen molar-refractivity contribution in [3.05, 3.63) is 66.0 Å². The van der Waals surface area contributed by atoms with Crippen LogP contribution in [0.15, 0.2) is 54.7 Å². The minimum Gasteiger partial charge on any atom is -0.445 e. The van der Waals surface area contributed by atoms with Gasteiger partial charge in [-0.25, -0.2) is 4.79 Å². The van der Waals surface area contributed by atoms with E-state index >= 15 is 0 Å². The minimum absolute atomic E-state index is 0.0253. The lowest BCUT2D eigenvalue weighted by Crippen LogP contribution is -2.52. The average Bonchev–Trinajstić information content (AvgIpc) is 2.85. The van der Waals surface area contributed by atoms with Gasteiger partial charge in [-0.05, 0) is 36.5 Å². The Labute approximate surface area is 212 Å². The molecule has 7 nitrogen and oxygen atoms in total. The van der Waals surface area contributed by atoms with Gasteiger partial charge in [0, 0.05) is 11.9 Å². The third-order valence-corrected chi connectivity index (χ3v) is 6.29. The first-order valence-corrected chi connectivity index (χ1v) is 13.3. The maximum Gasteiger partial charge on any atom is 0.408 e. The predicted molar refractivity (Wildman–Crippen MR) is 140 cm³/mol. The van der Waals surface area contributed by atoms with Gasteiger partial charge in [0.2, 0.25) is 5.91 Å². The molecule has 1 aromatic heterocycles. The van der Waals surface area contributed by atoms with Crippen molar-refractivity contribution in [3.8, 4) is 0 Å². The summed E-state index contributed by atoms with van der Waals surface area (Å²) in [6.45, 7) is 6.12. The first-order valence-electron chi connectivity index (χ1n) is 12.2. The molecule has 0 bridgehead atoms. The molecule has 1 heterocycles. The Morgan fingerprint density at radius 3 is 2.40 bits per heavy atom. The molecule has 8 heteroatoms. The molecule has 190 valence electrons. The molecule has 0 fully saturated rings. The number of hydrogen-bond donors (Lipinski definition) is 2. The molecule has 35 heavy (non-hydrogen) atoms. The zero-order valence-corrected chi connectivity index (χ0v) is 21.7. The van der Waals surface area contributed by atoms with Crippen molar-refractivity contribution in [2.45, 2.75) is 70.9 Å². The van der Waals surface area contributed by atoms with Crippen molar-refractivity contribution in [1.82, 2.24) is 15.6 Å². The first-order chi connectivity index (χ1) is 16.9. The molecule has 0 unspecified atom stereocenters. The third kappa shape index (κ3) is 11.4. The van der Waals surface area contributed by atoms with E-state index in [4.69, 9.17) is 4.74 Å². The number of carbonyl (C=O) groups is 3. The summed E-state index contributed by atoms with van der Waals surface area (Å²) in [4.78, 5) is 42.7. The molecular weight excluding hydrogens is 462 g/mol. The number of aromatic nitrogens is 1. The number of ether oxygens (including phenoxy) is 1. The van der Waals surface area contributed by atoms with Crippen molar-refractivity contribution >= 4 is 29.5 Å². The number of unbranched alkanes of at least 4 members (excludes halogenated alkanes) is 1. The Kier molecular flexibility index (Phi) is 12.9. The summed E-state index contributed by atoms with van der Waals surface area (Å²) < 4.78 is 5.30. The van der Waals surface area contributed by atoms with E-state index in [9.17, 15) is 14.4 Å². The van der Waals surface area contributed by atoms with Crippen LogP contribution < -0.4 is 10.6 Å². The molecule has 2 amide bonds. The number of benzene rings is 1. The number of nitrogens with one attached hydrogen (secondary N) is 2. The van der Waals surface area contributed by atoms with Crippen molar-refractivity contribution in [2.24, 2.45) is 5.92 Å². The molecule has 1 aromatic carbocycles. The molecule has 0 saturated carbocycles. The lowest BCUT2D eigenvalue weighted by Gasteiger charge is -2.24. The van der Waals surface area contributed by atoms with Gasteiger partial charge in [0.15, 0.2) is 5.78 Å². The summed E-state index contributed by atoms with van der Waals surface area (Å²) in [7, 11) is 0. The topological polar surface area (TPSA) is 97.4 Å². The highest BCUT2D eigenvalue weighted by atomic mass is 32.2. The standard InChI is InChI=1S/C27H37N3O4S/c1-4-5-14-23(25(31)19-35-18-22-13-9-10-15-28-22)29-26(32)24(16-20(2)3)30-27(33)34-17-21-11-7-6-8-12-21/h6-13,15,20,23-24H,4-5,14,16-19H2,1-3H3,(H,29,32)(H,30,33)/t23-,24-/m0/s1. The number of hydrogen-bond acceptors (Lipinski definition) is 6. The molecular formula is C27H37N3O4S. The van der Waals surface area contributed by atoms with E-state index in [-0.39, 0.29) is 30.0 Å². The SMILES string of the molecule is CCCC[C@H](NC(=O)[C@H](CC(C)C)NC(=O)OCc1ccccc1)C(=O)CSCc1ccccn1. The number of Topliss-reactive ketones (excluding diaryl/α,β-unsaturated/α-hetero) is 1. The minimum atomic E-state index is -0.781. The Morgan fingerprint density at radius 1 is 1.00 bits per heavy atom. The molecule has 0 aliphatic rings. The Morgan fingerprint density at radius 2 is 1.74 bits per heavy atom. The summed E-state index contributed by atoms with van der Waals surface area (Å²) in [5, 5.41) is 5.58. The molecule has 0 saturated heterocycles. The monoisotopic (exact) mass is 499 g/mol. The molecule has 2 N–H and O–H groups in total. The molecule has 0 aliphatic carbocycles. The quantitative estimate of drug-likeness (QED) is 0.362. The van der Waals surface area contributed by atoms with E-state index in [0.717, 1.165) is 24.1 Å². The highest BCUT2D eigenvalue weighted by molar-refractivity contribution is 7.99. The lowest BCUT2D eigenvalue weighted by atomic mass is 10.0. The van der Waals surface area contributed by atoms with Crippen LogP contribution in [0.3, 0.4) is 0 Å². The number of carbonyl (C=O) groups excluding carboxylic acids is 3. The van der Waals surface area contributed by atoms with Crippen LogP contribution in [0.4, 0.5) is 4.79 Å². The maximum atomic E-state index is 13.1. The van der Waals surface area contributed by atoms with Gasteiger partial charge in [-0.1, -0.05) is 70.0 Å². The maximum absolute atomic E-state index is 13.1. The summed E-state index contributed by atoms with van der Waals surface area (Å²) in [6.07, 6.45) is 3.82.